The molecular weight excluding hydrogens is 142 g/mol. The molecule has 0 aromatic heterocycles. The van der Waals surface area contributed by atoms with Crippen molar-refractivity contribution in [2.24, 2.45) is 5.92 Å². The Morgan fingerprint density at radius 1 is 1.55 bits per heavy atom. The second kappa shape index (κ2) is 4.75. The number of terminal acetylenes is 1. The van der Waals surface area contributed by atoms with Crippen molar-refractivity contribution in [3.63, 3.8) is 0 Å². The molecule has 0 heterocycles. The second-order valence-electron chi connectivity index (χ2n) is 2.62. The Bertz CT molecular complexity index is 169. The Hall–Kier alpha value is -1.01. The highest BCUT2D eigenvalue weighted by Gasteiger charge is 2.15. The molecule has 0 aromatic rings. The number of ketones is 1. The lowest BCUT2D eigenvalue weighted by atomic mass is 10.0. The van der Waals surface area contributed by atoms with Crippen LogP contribution in [0.3, 0.4) is 0 Å². The van der Waals surface area contributed by atoms with E-state index in [4.69, 9.17) is 6.42 Å². The highest BCUT2D eigenvalue weighted by Crippen LogP contribution is 1.98. The minimum absolute atomic E-state index is 0.00104. The van der Waals surface area contributed by atoms with E-state index in [-0.39, 0.29) is 17.7 Å². The molecule has 0 aromatic carbocycles. The Kier molecular flexibility index (Phi) is 4.32. The van der Waals surface area contributed by atoms with Gasteiger partial charge in [-0.05, 0) is 6.92 Å². The minimum Gasteiger partial charge on any atom is -0.356 e. The van der Waals surface area contributed by atoms with E-state index in [9.17, 15) is 4.79 Å². The number of nitrogens with one attached hydrogen (secondary N) is 1. The Morgan fingerprint density at radius 2 is 2.09 bits per heavy atom. The molecule has 0 saturated carbocycles. The van der Waals surface area contributed by atoms with E-state index < -0.39 is 0 Å². The maximum absolute atomic E-state index is 11.1. The van der Waals surface area contributed by atoms with Crippen LogP contribution in [0.1, 0.15) is 20.8 Å². The first-order valence-electron chi connectivity index (χ1n) is 3.50. The summed E-state index contributed by atoms with van der Waals surface area (Å²) in [4.78, 5) is 15.6. The molecule has 62 valence electrons. The molecule has 1 unspecified atom stereocenters. The third-order valence-corrected chi connectivity index (χ3v) is 1.29. The zero-order valence-electron chi connectivity index (χ0n) is 7.05. The fraction of sp³-hybridized carbons (Fsp3) is 0.625. The van der Waals surface area contributed by atoms with Gasteiger partial charge in [-0.2, -0.15) is 0 Å². The highest BCUT2D eigenvalue weighted by atomic mass is 16.6. The average molecular weight is 155 g/mol. The molecule has 0 aliphatic heterocycles. The smallest absolute Gasteiger partial charge is 0.155 e. The first-order chi connectivity index (χ1) is 5.09. The molecule has 0 bridgehead atoms. The monoisotopic (exact) mass is 155 g/mol. The molecule has 3 nitrogen and oxygen atoms in total. The normalized spacial score (nSPS) is 12.3. The molecule has 1 atom stereocenters. The lowest BCUT2D eigenvalue weighted by molar-refractivity contribution is -0.125. The van der Waals surface area contributed by atoms with Crippen LogP contribution in [0.25, 0.3) is 0 Å². The number of hydrogen-bond acceptors (Lipinski definition) is 3. The van der Waals surface area contributed by atoms with Crippen LogP contribution in [0.2, 0.25) is 0 Å². The summed E-state index contributed by atoms with van der Waals surface area (Å²) in [6, 6.07) is -0.342. The van der Waals surface area contributed by atoms with E-state index in [1.807, 2.05) is 20.0 Å². The molecule has 0 rings (SSSR count). The maximum atomic E-state index is 11.1. The molecule has 0 aliphatic carbocycles. The average Bonchev–Trinajstić information content (AvgIpc) is 1.98. The third-order valence-electron chi connectivity index (χ3n) is 1.29. The first-order valence-corrected chi connectivity index (χ1v) is 3.50. The zero-order valence-corrected chi connectivity index (χ0v) is 7.05. The standard InChI is InChI=1S/C8H13NO2/c1-5-11-9-7(4)8(10)6(2)3/h1,6-7,9H,2-4H3. The van der Waals surface area contributed by atoms with Gasteiger partial charge in [-0.15, -0.1) is 5.48 Å². The Morgan fingerprint density at radius 3 is 2.45 bits per heavy atom. The number of carbonyl (C=O) groups is 1. The fourth-order valence-corrected chi connectivity index (χ4v) is 0.680. The van der Waals surface area contributed by atoms with Crippen molar-refractivity contribution in [2.45, 2.75) is 26.8 Å². The second-order valence-corrected chi connectivity index (χ2v) is 2.62. The summed E-state index contributed by atoms with van der Waals surface area (Å²) in [5.41, 5.74) is 2.43. The molecule has 0 aliphatic rings. The molecule has 11 heavy (non-hydrogen) atoms. The topological polar surface area (TPSA) is 38.3 Å². The summed E-state index contributed by atoms with van der Waals surface area (Å²) in [7, 11) is 0. The van der Waals surface area contributed by atoms with Crippen molar-refractivity contribution in [3.8, 4) is 12.5 Å². The summed E-state index contributed by atoms with van der Waals surface area (Å²) >= 11 is 0. The summed E-state index contributed by atoms with van der Waals surface area (Å²) in [5, 5.41) is 0. The van der Waals surface area contributed by atoms with Crippen molar-refractivity contribution in [2.75, 3.05) is 0 Å². The van der Waals surface area contributed by atoms with Crippen molar-refractivity contribution in [1.82, 2.24) is 5.48 Å². The van der Waals surface area contributed by atoms with Crippen molar-refractivity contribution < 1.29 is 9.63 Å². The number of hydroxylamine groups is 1. The van der Waals surface area contributed by atoms with Crippen molar-refractivity contribution >= 4 is 5.78 Å². The zero-order chi connectivity index (χ0) is 8.85. The van der Waals surface area contributed by atoms with Crippen LogP contribution >= 0.6 is 0 Å². The van der Waals surface area contributed by atoms with E-state index in [2.05, 4.69) is 10.3 Å². The van der Waals surface area contributed by atoms with Gasteiger partial charge in [0.05, 0.1) is 6.04 Å². The summed E-state index contributed by atoms with van der Waals surface area (Å²) in [6.45, 7) is 5.37. The number of Topliss-reactive ketones (excluding diaryl/α,β-unsaturated/α-hetero) is 1. The largest absolute Gasteiger partial charge is 0.356 e. The van der Waals surface area contributed by atoms with Crippen LogP contribution in [0.15, 0.2) is 0 Å². The van der Waals surface area contributed by atoms with E-state index >= 15 is 0 Å². The van der Waals surface area contributed by atoms with Crippen LogP contribution < -0.4 is 5.48 Å². The van der Waals surface area contributed by atoms with Gasteiger partial charge in [0.25, 0.3) is 0 Å². The van der Waals surface area contributed by atoms with Crippen molar-refractivity contribution in [3.05, 3.63) is 0 Å². The summed E-state index contributed by atoms with van der Waals surface area (Å²) in [6.07, 6.45) is 6.74. The first kappa shape index (κ1) is 9.99. The van der Waals surface area contributed by atoms with Gasteiger partial charge in [-0.1, -0.05) is 20.3 Å². The van der Waals surface area contributed by atoms with Gasteiger partial charge in [0, 0.05) is 5.92 Å². The Balaban J connectivity index is 3.75. The maximum Gasteiger partial charge on any atom is 0.155 e. The molecule has 1 N–H and O–H groups in total. The van der Waals surface area contributed by atoms with Crippen molar-refractivity contribution in [1.29, 1.82) is 0 Å². The van der Waals surface area contributed by atoms with Gasteiger partial charge >= 0.3 is 0 Å². The van der Waals surface area contributed by atoms with Crippen LogP contribution in [-0.2, 0) is 9.63 Å². The van der Waals surface area contributed by atoms with Gasteiger partial charge in [-0.25, -0.2) is 0 Å². The van der Waals surface area contributed by atoms with E-state index in [1.165, 1.54) is 0 Å². The van der Waals surface area contributed by atoms with Gasteiger partial charge < -0.3 is 4.84 Å². The molecule has 0 fully saturated rings. The number of hydrogen-bond donors (Lipinski definition) is 1. The fourth-order valence-electron chi connectivity index (χ4n) is 0.680. The van der Waals surface area contributed by atoms with Gasteiger partial charge in [0.15, 0.2) is 5.78 Å². The quantitative estimate of drug-likeness (QED) is 0.480. The molecule has 0 spiro atoms. The minimum atomic E-state index is -0.342. The summed E-state index contributed by atoms with van der Waals surface area (Å²) < 4.78 is 0. The third kappa shape index (κ3) is 3.64. The SMILES string of the molecule is C#CONC(C)C(=O)C(C)C. The molecule has 0 amide bonds. The summed E-state index contributed by atoms with van der Waals surface area (Å²) in [5.74, 6) is 0.0825. The van der Waals surface area contributed by atoms with Crippen LogP contribution in [0, 0.1) is 18.4 Å². The van der Waals surface area contributed by atoms with Gasteiger partial charge in [-0.3, -0.25) is 4.79 Å². The molecule has 0 radical (unpaired) electrons. The van der Waals surface area contributed by atoms with Gasteiger partial charge in [0.2, 0.25) is 0 Å². The van der Waals surface area contributed by atoms with E-state index in [0.717, 1.165) is 0 Å². The predicted molar refractivity (Wildman–Crippen MR) is 42.4 cm³/mol. The number of rotatable bonds is 4. The lowest BCUT2D eigenvalue weighted by Crippen LogP contribution is -2.35. The van der Waals surface area contributed by atoms with Crippen LogP contribution in [-0.4, -0.2) is 11.8 Å². The van der Waals surface area contributed by atoms with Crippen LogP contribution in [0.5, 0.6) is 0 Å². The van der Waals surface area contributed by atoms with Gasteiger partial charge in [0.1, 0.15) is 6.11 Å². The Labute approximate surface area is 67.1 Å². The molecular formula is C8H13NO2. The lowest BCUT2D eigenvalue weighted by Gasteiger charge is -2.11. The molecule has 3 heteroatoms. The predicted octanol–water partition coefficient (Wildman–Crippen LogP) is 0.712. The van der Waals surface area contributed by atoms with E-state index in [0.29, 0.717) is 0 Å². The van der Waals surface area contributed by atoms with Crippen LogP contribution in [0.4, 0.5) is 0 Å². The van der Waals surface area contributed by atoms with E-state index in [1.54, 1.807) is 6.92 Å². The molecule has 0 saturated heterocycles. The highest BCUT2D eigenvalue weighted by molar-refractivity contribution is 5.85. The number of carbonyl (C=O) groups excluding carboxylic acids is 1.